The molecule has 2 rings (SSSR count). The van der Waals surface area contributed by atoms with Gasteiger partial charge in [-0.05, 0) is 86.0 Å². The van der Waals surface area contributed by atoms with Gasteiger partial charge in [0.1, 0.15) is 17.9 Å². The number of nitrogens with two attached hydrogens (primary N) is 1. The van der Waals surface area contributed by atoms with Crippen LogP contribution < -0.4 is 15.6 Å². The summed E-state index contributed by atoms with van der Waals surface area (Å²) in [5.41, 5.74) is 1.55. The molecule has 0 saturated heterocycles. The van der Waals surface area contributed by atoms with Crippen molar-refractivity contribution in [3.63, 3.8) is 0 Å². The monoisotopic (exact) mass is 664 g/mol. The average Bonchev–Trinajstić information content (AvgIpc) is 2.87. The molecular formula is C31H46Cl2N4O4Si2. The highest BCUT2D eigenvalue weighted by Crippen LogP contribution is 2.40. The van der Waals surface area contributed by atoms with Gasteiger partial charge in [-0.3, -0.25) is 9.59 Å². The summed E-state index contributed by atoms with van der Waals surface area (Å²) in [5.74, 6) is 5.25. The van der Waals surface area contributed by atoms with Gasteiger partial charge in [0, 0.05) is 11.3 Å². The Balaban J connectivity index is 2.45. The van der Waals surface area contributed by atoms with Gasteiger partial charge in [0.25, 0.3) is 20.1 Å². The van der Waals surface area contributed by atoms with Crippen molar-refractivity contribution in [3.05, 3.63) is 57.1 Å². The van der Waals surface area contributed by atoms with E-state index >= 15 is 0 Å². The van der Waals surface area contributed by atoms with E-state index in [1.807, 2.05) is 0 Å². The number of carbonyl (C=O) groups excluding carboxylic acids is 2. The van der Waals surface area contributed by atoms with Gasteiger partial charge in [0.05, 0.1) is 21.7 Å². The molecule has 2 atom stereocenters. The summed E-state index contributed by atoms with van der Waals surface area (Å²) in [4.78, 5) is 27.4. The summed E-state index contributed by atoms with van der Waals surface area (Å²) < 4.78 is 12.9. The summed E-state index contributed by atoms with van der Waals surface area (Å²) in [6.07, 6.45) is -0.676. The second kappa shape index (κ2) is 13.3. The highest BCUT2D eigenvalue weighted by atomic mass is 35.5. The molecule has 3 N–H and O–H groups in total. The molecule has 2 aromatic carbocycles. The number of halogens is 2. The molecule has 0 aliphatic rings. The number of rotatable bonds is 9. The lowest BCUT2D eigenvalue weighted by atomic mass is 10.1. The van der Waals surface area contributed by atoms with Crippen molar-refractivity contribution in [1.29, 1.82) is 5.26 Å². The second-order valence-electron chi connectivity index (χ2n) is 13.9. The highest BCUT2D eigenvalue weighted by Gasteiger charge is 2.42. The number of imide groups is 1. The Bertz CT molecular complexity index is 1410. The van der Waals surface area contributed by atoms with Gasteiger partial charge < -0.3 is 14.2 Å². The third kappa shape index (κ3) is 8.41. The van der Waals surface area contributed by atoms with Crippen LogP contribution in [0.3, 0.4) is 0 Å². The minimum atomic E-state index is -2.34. The van der Waals surface area contributed by atoms with Gasteiger partial charge in [-0.25, -0.2) is 10.9 Å². The normalized spacial score (nSPS) is 14.0. The number of amides is 2. The van der Waals surface area contributed by atoms with E-state index in [0.29, 0.717) is 27.6 Å². The summed E-state index contributed by atoms with van der Waals surface area (Å²) in [6, 6.07) is 8.88. The summed E-state index contributed by atoms with van der Waals surface area (Å²) in [5, 5.41) is 13.5. The van der Waals surface area contributed by atoms with Crippen LogP contribution in [0.5, 0.6) is 5.75 Å². The maximum absolute atomic E-state index is 13.9. The predicted octanol–water partition coefficient (Wildman–Crippen LogP) is 8.29. The number of nitrogens with one attached hydrogen (secondary N) is 1. The maximum Gasteiger partial charge on any atom is 0.274 e. The lowest BCUT2D eigenvalue weighted by Gasteiger charge is -2.40. The second-order valence-corrected chi connectivity index (χ2v) is 24.2. The van der Waals surface area contributed by atoms with Crippen LogP contribution in [0, 0.1) is 18.3 Å². The Kier molecular flexibility index (Phi) is 11.4. The van der Waals surface area contributed by atoms with Crippen molar-refractivity contribution < 1.29 is 18.4 Å². The standard InChI is InChI=1S/C31H46Cl2N4O4Si2/c1-19-24(15-13-22(18-34)26(19)33)36-27(20(2)40-42(9,10)30(3,4)5)29(39)37(35)28(38)21-14-16-25(23(32)17-21)41-43(11,12)31(6,7)8/h13-17,20,27,36H,35H2,1-12H3/t20-,27-/m1/s1. The Morgan fingerprint density at radius 3 is 2.05 bits per heavy atom. The molecular weight excluding hydrogens is 619 g/mol. The van der Waals surface area contributed by atoms with Gasteiger partial charge in [0.15, 0.2) is 8.32 Å². The Morgan fingerprint density at radius 2 is 1.56 bits per heavy atom. The number of nitriles is 1. The summed E-state index contributed by atoms with van der Waals surface area (Å²) in [7, 11) is -4.52. The Morgan fingerprint density at radius 1 is 1.00 bits per heavy atom. The van der Waals surface area contributed by atoms with E-state index in [1.165, 1.54) is 6.07 Å². The van der Waals surface area contributed by atoms with Crippen LogP contribution in [-0.4, -0.2) is 45.6 Å². The van der Waals surface area contributed by atoms with Crippen molar-refractivity contribution in [2.45, 2.75) is 104 Å². The molecule has 8 nitrogen and oxygen atoms in total. The molecule has 236 valence electrons. The molecule has 2 aromatic rings. The van der Waals surface area contributed by atoms with Gasteiger partial charge in [-0.15, -0.1) is 0 Å². The smallest absolute Gasteiger partial charge is 0.274 e. The number of benzene rings is 2. The van der Waals surface area contributed by atoms with Gasteiger partial charge in [-0.2, -0.15) is 5.26 Å². The van der Waals surface area contributed by atoms with Gasteiger partial charge in [-0.1, -0.05) is 64.7 Å². The fourth-order valence-corrected chi connectivity index (χ4v) is 6.66. The molecule has 0 aliphatic heterocycles. The fourth-order valence-electron chi connectivity index (χ4n) is 3.72. The predicted molar refractivity (Wildman–Crippen MR) is 181 cm³/mol. The Hall–Kier alpha value is -2.40. The molecule has 12 heteroatoms. The molecule has 0 spiro atoms. The third-order valence-electron chi connectivity index (χ3n) is 8.65. The van der Waals surface area contributed by atoms with Crippen molar-refractivity contribution in [3.8, 4) is 11.8 Å². The van der Waals surface area contributed by atoms with Crippen LogP contribution in [-0.2, 0) is 9.22 Å². The van der Waals surface area contributed by atoms with Crippen molar-refractivity contribution in [2.75, 3.05) is 5.32 Å². The first-order valence-electron chi connectivity index (χ1n) is 14.2. The average molecular weight is 666 g/mol. The van der Waals surface area contributed by atoms with Crippen LogP contribution in [0.25, 0.3) is 0 Å². The first-order chi connectivity index (χ1) is 19.4. The van der Waals surface area contributed by atoms with Gasteiger partial charge in [0.2, 0.25) is 0 Å². The number of hydrogen-bond donors (Lipinski definition) is 2. The van der Waals surface area contributed by atoms with Crippen LogP contribution in [0.2, 0.25) is 46.3 Å². The molecule has 0 heterocycles. The lowest BCUT2D eigenvalue weighted by molar-refractivity contribution is -0.131. The number of anilines is 1. The van der Waals surface area contributed by atoms with E-state index in [2.05, 4.69) is 79.1 Å². The zero-order chi connectivity index (χ0) is 33.3. The molecule has 0 radical (unpaired) electrons. The number of hydrogen-bond acceptors (Lipinski definition) is 7. The van der Waals surface area contributed by atoms with Crippen LogP contribution in [0.15, 0.2) is 30.3 Å². The highest BCUT2D eigenvalue weighted by molar-refractivity contribution is 6.75. The fraction of sp³-hybridized carbons (Fsp3) is 0.516. The number of hydrazine groups is 1. The van der Waals surface area contributed by atoms with Crippen LogP contribution in [0.4, 0.5) is 5.69 Å². The van der Waals surface area contributed by atoms with Crippen molar-refractivity contribution in [2.24, 2.45) is 5.84 Å². The van der Waals surface area contributed by atoms with E-state index in [-0.39, 0.29) is 25.7 Å². The quantitative estimate of drug-likeness (QED) is 0.120. The topological polar surface area (TPSA) is 118 Å². The van der Waals surface area contributed by atoms with Crippen LogP contribution in [0.1, 0.15) is 70.0 Å². The number of nitrogens with zero attached hydrogens (tertiary/aromatic N) is 2. The molecule has 0 aromatic heterocycles. The lowest BCUT2D eigenvalue weighted by Crippen LogP contribution is -2.56. The molecule has 2 amide bonds. The van der Waals surface area contributed by atoms with E-state index in [1.54, 1.807) is 38.1 Å². The van der Waals surface area contributed by atoms with E-state index in [4.69, 9.17) is 37.9 Å². The molecule has 43 heavy (non-hydrogen) atoms. The summed E-state index contributed by atoms with van der Waals surface area (Å²) in [6.45, 7) is 24.5. The van der Waals surface area contributed by atoms with Gasteiger partial charge >= 0.3 is 0 Å². The van der Waals surface area contributed by atoms with Crippen molar-refractivity contribution in [1.82, 2.24) is 5.01 Å². The Labute approximate surface area is 269 Å². The zero-order valence-corrected chi connectivity index (χ0v) is 30.9. The number of carbonyl (C=O) groups is 2. The summed E-state index contributed by atoms with van der Waals surface area (Å²) >= 11 is 13.0. The van der Waals surface area contributed by atoms with Crippen LogP contribution >= 0.6 is 23.2 Å². The SMILES string of the molecule is Cc1c(N[C@@H](C(=O)N(N)C(=O)c2ccc(O[Si](C)(C)C(C)(C)C)c(Cl)c2)[C@@H](C)O[Si](C)(C)C(C)(C)C)ccc(C#N)c1Cl. The maximum atomic E-state index is 13.9. The molecule has 0 aliphatic carbocycles. The largest absolute Gasteiger partial charge is 0.543 e. The molecule has 0 saturated carbocycles. The minimum absolute atomic E-state index is 0.0476. The van der Waals surface area contributed by atoms with E-state index < -0.39 is 40.6 Å². The zero-order valence-electron chi connectivity index (χ0n) is 27.4. The van der Waals surface area contributed by atoms with E-state index in [0.717, 1.165) is 0 Å². The minimum Gasteiger partial charge on any atom is -0.543 e. The molecule has 0 unspecified atom stereocenters. The first-order valence-corrected chi connectivity index (χ1v) is 20.8. The first kappa shape index (κ1) is 36.8. The molecule has 0 fully saturated rings. The third-order valence-corrected chi connectivity index (χ3v) is 18.3. The van der Waals surface area contributed by atoms with E-state index in [9.17, 15) is 14.9 Å². The van der Waals surface area contributed by atoms with Crippen molar-refractivity contribution >= 4 is 57.3 Å². The molecule has 0 bridgehead atoms.